The molecule has 4 heteroatoms. The largest absolute Gasteiger partial charge is 0.302 e. The Morgan fingerprint density at radius 1 is 1.17 bits per heavy atom. The number of amides is 2. The number of likely N-dealkylation sites (tertiary alicyclic amines) is 1. The molecule has 0 aromatic heterocycles. The second-order valence-corrected chi connectivity index (χ2v) is 6.23. The van der Waals surface area contributed by atoms with E-state index < -0.39 is 0 Å². The van der Waals surface area contributed by atoms with E-state index in [0.717, 1.165) is 0 Å². The molecule has 2 atom stereocenters. The summed E-state index contributed by atoms with van der Waals surface area (Å²) in [5, 5.41) is 3.47. The number of carbonyl (C=O) groups excluding carboxylic acids is 2. The van der Waals surface area contributed by atoms with Crippen molar-refractivity contribution in [1.82, 2.24) is 10.2 Å². The fourth-order valence-electron chi connectivity index (χ4n) is 3.94. The van der Waals surface area contributed by atoms with Gasteiger partial charge in [-0.2, -0.15) is 0 Å². The second kappa shape index (κ2) is 4.34. The minimum atomic E-state index is -0.258. The lowest BCUT2D eigenvalue weighted by Gasteiger charge is -2.53. The van der Waals surface area contributed by atoms with Crippen LogP contribution in [0.5, 0.6) is 0 Å². The van der Waals surface area contributed by atoms with Gasteiger partial charge in [-0.1, -0.05) is 19.3 Å². The average Bonchev–Trinajstić information content (AvgIpc) is 2.63. The smallest absolute Gasteiger partial charge is 0.246 e. The Hall–Kier alpha value is -0.900. The van der Waals surface area contributed by atoms with Crippen molar-refractivity contribution in [1.29, 1.82) is 0 Å². The van der Waals surface area contributed by atoms with Gasteiger partial charge in [0.1, 0.15) is 0 Å². The summed E-state index contributed by atoms with van der Waals surface area (Å²) in [5.74, 6) is -0.0904. The van der Waals surface area contributed by atoms with E-state index in [4.69, 9.17) is 0 Å². The molecule has 1 heterocycles. The van der Waals surface area contributed by atoms with Crippen LogP contribution in [-0.2, 0) is 9.59 Å². The highest BCUT2D eigenvalue weighted by atomic mass is 16.2. The highest BCUT2D eigenvalue weighted by Gasteiger charge is 2.49. The SMILES string of the molecule is CN1C(=O)CC(NC2CCC23CCCCC3)C1=O. The molecule has 1 saturated heterocycles. The zero-order valence-corrected chi connectivity index (χ0v) is 11.1. The molecule has 0 radical (unpaired) electrons. The Kier molecular flexibility index (Phi) is 2.93. The molecule has 2 unspecified atom stereocenters. The van der Waals surface area contributed by atoms with Gasteiger partial charge in [0, 0.05) is 13.1 Å². The Balaban J connectivity index is 1.63. The molecule has 3 aliphatic rings. The maximum Gasteiger partial charge on any atom is 0.246 e. The molecular weight excluding hydrogens is 228 g/mol. The number of nitrogens with zero attached hydrogens (tertiary/aromatic N) is 1. The maximum absolute atomic E-state index is 11.9. The van der Waals surface area contributed by atoms with Crippen LogP contribution in [0.25, 0.3) is 0 Å². The minimum absolute atomic E-state index is 0.0436. The standard InChI is InChI=1S/C14H22N2O2/c1-16-12(17)9-10(13(16)18)15-11-5-8-14(11)6-3-2-4-7-14/h10-11,15H,2-9H2,1H3. The average molecular weight is 250 g/mol. The minimum Gasteiger partial charge on any atom is -0.302 e. The van der Waals surface area contributed by atoms with Crippen LogP contribution < -0.4 is 5.32 Å². The van der Waals surface area contributed by atoms with Gasteiger partial charge in [-0.15, -0.1) is 0 Å². The molecule has 0 aromatic carbocycles. The first-order valence-corrected chi connectivity index (χ1v) is 7.19. The first kappa shape index (κ1) is 12.2. The van der Waals surface area contributed by atoms with Crippen molar-refractivity contribution in [2.75, 3.05) is 7.05 Å². The number of nitrogens with one attached hydrogen (secondary N) is 1. The third kappa shape index (κ3) is 1.78. The molecule has 4 nitrogen and oxygen atoms in total. The molecule has 3 fully saturated rings. The monoisotopic (exact) mass is 250 g/mol. The molecule has 1 N–H and O–H groups in total. The van der Waals surface area contributed by atoms with Gasteiger partial charge in [-0.3, -0.25) is 14.5 Å². The van der Waals surface area contributed by atoms with Crippen molar-refractivity contribution in [3.05, 3.63) is 0 Å². The van der Waals surface area contributed by atoms with Gasteiger partial charge >= 0.3 is 0 Å². The third-order valence-electron chi connectivity index (χ3n) is 5.30. The van der Waals surface area contributed by atoms with E-state index in [1.165, 1.54) is 49.8 Å². The van der Waals surface area contributed by atoms with Crippen LogP contribution >= 0.6 is 0 Å². The summed E-state index contributed by atoms with van der Waals surface area (Å²) < 4.78 is 0. The van der Waals surface area contributed by atoms with Crippen LogP contribution in [0.4, 0.5) is 0 Å². The predicted molar refractivity (Wildman–Crippen MR) is 67.9 cm³/mol. The summed E-state index contributed by atoms with van der Waals surface area (Å²) in [6.45, 7) is 0. The Morgan fingerprint density at radius 3 is 2.39 bits per heavy atom. The first-order chi connectivity index (χ1) is 8.62. The number of hydrogen-bond donors (Lipinski definition) is 1. The summed E-state index contributed by atoms with van der Waals surface area (Å²) in [5.41, 5.74) is 0.447. The fraction of sp³-hybridized carbons (Fsp3) is 0.857. The van der Waals surface area contributed by atoms with E-state index in [1.807, 2.05) is 0 Å². The number of hydrogen-bond acceptors (Lipinski definition) is 3. The summed E-state index contributed by atoms with van der Waals surface area (Å²) >= 11 is 0. The molecule has 18 heavy (non-hydrogen) atoms. The van der Waals surface area contributed by atoms with Gasteiger partial charge < -0.3 is 5.32 Å². The quantitative estimate of drug-likeness (QED) is 0.755. The number of carbonyl (C=O) groups is 2. The Labute approximate surface area is 108 Å². The molecule has 100 valence electrons. The van der Waals surface area contributed by atoms with Crippen LogP contribution in [0, 0.1) is 5.41 Å². The predicted octanol–water partition coefficient (Wildman–Crippen LogP) is 1.45. The van der Waals surface area contributed by atoms with E-state index >= 15 is 0 Å². The molecule has 1 aliphatic heterocycles. The lowest BCUT2D eigenvalue weighted by Crippen LogP contribution is -2.58. The first-order valence-electron chi connectivity index (χ1n) is 7.19. The van der Waals surface area contributed by atoms with E-state index in [2.05, 4.69) is 5.32 Å². The van der Waals surface area contributed by atoms with Gasteiger partial charge in [0.05, 0.1) is 12.5 Å². The lowest BCUT2D eigenvalue weighted by atomic mass is 9.57. The summed E-state index contributed by atoms with van der Waals surface area (Å²) in [6.07, 6.45) is 9.44. The summed E-state index contributed by atoms with van der Waals surface area (Å²) in [6, 6.07) is 0.206. The van der Waals surface area contributed by atoms with Crippen molar-refractivity contribution >= 4 is 11.8 Å². The molecule has 1 spiro atoms. The third-order valence-corrected chi connectivity index (χ3v) is 5.30. The van der Waals surface area contributed by atoms with Crippen LogP contribution in [0.15, 0.2) is 0 Å². The number of likely N-dealkylation sites (N-methyl/N-ethyl adjacent to an activating group) is 1. The zero-order chi connectivity index (χ0) is 12.8. The van der Waals surface area contributed by atoms with Gasteiger partial charge in [-0.25, -0.2) is 0 Å². The second-order valence-electron chi connectivity index (χ2n) is 6.23. The summed E-state index contributed by atoms with van der Waals surface area (Å²) in [7, 11) is 1.59. The van der Waals surface area contributed by atoms with E-state index in [-0.39, 0.29) is 17.9 Å². The van der Waals surface area contributed by atoms with E-state index in [0.29, 0.717) is 17.9 Å². The van der Waals surface area contributed by atoms with Gasteiger partial charge in [0.15, 0.2) is 0 Å². The molecule has 2 saturated carbocycles. The molecule has 0 bridgehead atoms. The lowest BCUT2D eigenvalue weighted by molar-refractivity contribution is -0.137. The van der Waals surface area contributed by atoms with Crippen molar-refractivity contribution < 1.29 is 9.59 Å². The number of rotatable bonds is 2. The van der Waals surface area contributed by atoms with E-state index in [9.17, 15) is 9.59 Å². The van der Waals surface area contributed by atoms with Crippen molar-refractivity contribution in [2.24, 2.45) is 5.41 Å². The van der Waals surface area contributed by atoms with Crippen molar-refractivity contribution in [2.45, 2.75) is 63.5 Å². The normalized spacial score (nSPS) is 35.1. The molecular formula is C14H22N2O2. The van der Waals surface area contributed by atoms with Crippen LogP contribution in [-0.4, -0.2) is 35.8 Å². The molecule has 2 amide bonds. The molecule has 2 aliphatic carbocycles. The Morgan fingerprint density at radius 2 is 1.89 bits per heavy atom. The van der Waals surface area contributed by atoms with Gasteiger partial charge in [-0.05, 0) is 31.1 Å². The van der Waals surface area contributed by atoms with Crippen LogP contribution in [0.1, 0.15) is 51.4 Å². The van der Waals surface area contributed by atoms with Gasteiger partial charge in [0.25, 0.3) is 0 Å². The fourth-order valence-corrected chi connectivity index (χ4v) is 3.94. The van der Waals surface area contributed by atoms with Crippen LogP contribution in [0.2, 0.25) is 0 Å². The zero-order valence-electron chi connectivity index (χ0n) is 11.1. The molecule has 0 aromatic rings. The van der Waals surface area contributed by atoms with E-state index in [1.54, 1.807) is 7.05 Å². The highest BCUT2D eigenvalue weighted by molar-refractivity contribution is 6.05. The summed E-state index contributed by atoms with van der Waals surface area (Å²) in [4.78, 5) is 24.7. The number of imide groups is 1. The van der Waals surface area contributed by atoms with Crippen LogP contribution in [0.3, 0.4) is 0 Å². The Bertz CT molecular complexity index is 374. The topological polar surface area (TPSA) is 49.4 Å². The van der Waals surface area contributed by atoms with Crippen molar-refractivity contribution in [3.63, 3.8) is 0 Å². The van der Waals surface area contributed by atoms with Gasteiger partial charge in [0.2, 0.25) is 11.8 Å². The van der Waals surface area contributed by atoms with Crippen molar-refractivity contribution in [3.8, 4) is 0 Å². The maximum atomic E-state index is 11.9. The molecule has 3 rings (SSSR count). The highest BCUT2D eigenvalue weighted by Crippen LogP contribution is 2.51.